The maximum Gasteiger partial charge on any atom is 0.329 e. The van der Waals surface area contributed by atoms with Crippen LogP contribution in [0.3, 0.4) is 0 Å². The van der Waals surface area contributed by atoms with Gasteiger partial charge in [0.1, 0.15) is 0 Å². The van der Waals surface area contributed by atoms with Gasteiger partial charge in [-0.05, 0) is 78.6 Å². The van der Waals surface area contributed by atoms with Crippen LogP contribution in [0.4, 0.5) is 5.69 Å². The molecule has 3 aromatic carbocycles. The van der Waals surface area contributed by atoms with Crippen molar-refractivity contribution in [2.45, 2.75) is 13.3 Å². The van der Waals surface area contributed by atoms with Crippen molar-refractivity contribution in [1.29, 1.82) is 0 Å². The molecule has 3 amide bonds. The number of rotatable bonds is 12. The van der Waals surface area contributed by atoms with Gasteiger partial charge in [0.05, 0.1) is 27.5 Å². The number of halogens is 1. The van der Waals surface area contributed by atoms with Crippen molar-refractivity contribution in [3.8, 4) is 23.0 Å². The molecule has 41 heavy (non-hydrogen) atoms. The van der Waals surface area contributed by atoms with Crippen LogP contribution < -0.4 is 35.0 Å². The van der Waals surface area contributed by atoms with Crippen LogP contribution in [0, 0.1) is 6.92 Å². The third-order valence-electron chi connectivity index (χ3n) is 5.72. The number of carbonyl (C=O) groups is 3. The number of amides is 3. The van der Waals surface area contributed by atoms with E-state index < -0.39 is 11.8 Å². The van der Waals surface area contributed by atoms with E-state index in [1.165, 1.54) is 13.3 Å². The van der Waals surface area contributed by atoms with E-state index in [4.69, 9.17) is 18.9 Å². The quantitative estimate of drug-likeness (QED) is 0.159. The Morgan fingerprint density at radius 2 is 1.56 bits per heavy atom. The van der Waals surface area contributed by atoms with Crippen LogP contribution in [0.15, 0.2) is 64.2 Å². The molecule has 0 aliphatic carbocycles. The summed E-state index contributed by atoms with van der Waals surface area (Å²) in [6.45, 7) is 1.94. The summed E-state index contributed by atoms with van der Waals surface area (Å²) in [5.74, 6) is -0.161. The van der Waals surface area contributed by atoms with Crippen molar-refractivity contribution < 1.29 is 33.3 Å². The molecule has 3 aromatic rings. The second kappa shape index (κ2) is 15.3. The third kappa shape index (κ3) is 9.24. The van der Waals surface area contributed by atoms with Crippen molar-refractivity contribution in [3.63, 3.8) is 0 Å². The summed E-state index contributed by atoms with van der Waals surface area (Å²) in [4.78, 5) is 36.5. The van der Waals surface area contributed by atoms with Gasteiger partial charge in [0.2, 0.25) is 0 Å². The molecule has 0 aromatic heterocycles. The first-order chi connectivity index (χ1) is 19.7. The lowest BCUT2D eigenvalue weighted by Gasteiger charge is -2.12. The number of nitrogens with one attached hydrogen (secondary N) is 3. The standard InChI is InChI=1S/C29H31BrN4O7/c1-18-13-21(7-8-22(18)30)33-27(35)17-41-24-10-6-20(15-26(24)40-4)16-32-34-29(37)28(36)31-12-11-19-5-9-23(38-2)25(14-19)39-3/h5-10,13-16H,11-12,17H2,1-4H3,(H,31,36)(H,33,35)(H,34,37)/b32-16-. The molecular weight excluding hydrogens is 596 g/mol. The molecule has 0 radical (unpaired) electrons. The van der Waals surface area contributed by atoms with Gasteiger partial charge in [-0.1, -0.05) is 22.0 Å². The van der Waals surface area contributed by atoms with E-state index in [0.29, 0.717) is 40.7 Å². The fourth-order valence-electron chi connectivity index (χ4n) is 3.60. The molecule has 0 aliphatic heterocycles. The largest absolute Gasteiger partial charge is 0.493 e. The smallest absolute Gasteiger partial charge is 0.329 e. The van der Waals surface area contributed by atoms with Gasteiger partial charge < -0.3 is 29.6 Å². The second-order valence-corrected chi connectivity index (χ2v) is 9.46. The fraction of sp³-hybridized carbons (Fsp3) is 0.241. The molecule has 0 atom stereocenters. The highest BCUT2D eigenvalue weighted by Crippen LogP contribution is 2.28. The molecule has 3 N–H and O–H groups in total. The molecule has 216 valence electrons. The van der Waals surface area contributed by atoms with Crippen LogP contribution in [-0.4, -0.2) is 58.4 Å². The van der Waals surface area contributed by atoms with Crippen LogP contribution >= 0.6 is 15.9 Å². The van der Waals surface area contributed by atoms with Gasteiger partial charge in [0.15, 0.2) is 29.6 Å². The van der Waals surface area contributed by atoms with E-state index in [2.05, 4.69) is 37.1 Å². The summed E-state index contributed by atoms with van der Waals surface area (Å²) in [6.07, 6.45) is 1.84. The molecule has 0 heterocycles. The molecule has 0 fully saturated rings. The molecule has 0 saturated carbocycles. The van der Waals surface area contributed by atoms with Crippen molar-refractivity contribution in [3.05, 3.63) is 75.8 Å². The zero-order valence-corrected chi connectivity index (χ0v) is 24.7. The molecule has 0 saturated heterocycles. The Morgan fingerprint density at radius 3 is 2.27 bits per heavy atom. The summed E-state index contributed by atoms with van der Waals surface area (Å²) in [5.41, 5.74) is 5.31. The van der Waals surface area contributed by atoms with Crippen molar-refractivity contribution >= 4 is 45.6 Å². The lowest BCUT2D eigenvalue weighted by Crippen LogP contribution is -2.38. The number of benzene rings is 3. The maximum atomic E-state index is 12.3. The number of hydrogen-bond donors (Lipinski definition) is 3. The summed E-state index contributed by atoms with van der Waals surface area (Å²) in [7, 11) is 4.55. The van der Waals surface area contributed by atoms with Crippen LogP contribution in [0.5, 0.6) is 23.0 Å². The highest BCUT2D eigenvalue weighted by Gasteiger charge is 2.13. The number of anilines is 1. The summed E-state index contributed by atoms with van der Waals surface area (Å²) in [6, 6.07) is 15.8. The number of ether oxygens (including phenoxy) is 4. The zero-order valence-electron chi connectivity index (χ0n) is 23.1. The molecule has 0 spiro atoms. The number of carbonyl (C=O) groups excluding carboxylic acids is 3. The third-order valence-corrected chi connectivity index (χ3v) is 6.61. The summed E-state index contributed by atoms with van der Waals surface area (Å²) < 4.78 is 22.4. The number of hydrazone groups is 1. The predicted molar refractivity (Wildman–Crippen MR) is 158 cm³/mol. The van der Waals surface area contributed by atoms with Crippen molar-refractivity contribution in [2.24, 2.45) is 5.10 Å². The maximum absolute atomic E-state index is 12.3. The number of aryl methyl sites for hydroxylation is 1. The van der Waals surface area contributed by atoms with Crippen LogP contribution in [-0.2, 0) is 20.8 Å². The Labute approximate surface area is 246 Å². The Balaban J connectivity index is 1.46. The van der Waals surface area contributed by atoms with Crippen LogP contribution in [0.25, 0.3) is 0 Å². The number of methoxy groups -OCH3 is 3. The minimum atomic E-state index is -0.910. The fourth-order valence-corrected chi connectivity index (χ4v) is 3.85. The molecule has 0 aliphatic rings. The van der Waals surface area contributed by atoms with Crippen LogP contribution in [0.2, 0.25) is 0 Å². The Hall–Kier alpha value is -4.58. The monoisotopic (exact) mass is 626 g/mol. The van der Waals surface area contributed by atoms with Gasteiger partial charge in [-0.25, -0.2) is 5.43 Å². The van der Waals surface area contributed by atoms with Gasteiger partial charge in [-0.15, -0.1) is 0 Å². The number of nitrogens with zero attached hydrogens (tertiary/aromatic N) is 1. The summed E-state index contributed by atoms with van der Waals surface area (Å²) in [5, 5.41) is 9.15. The first kappa shape index (κ1) is 31.0. The molecule has 0 unspecified atom stereocenters. The average molecular weight is 627 g/mol. The highest BCUT2D eigenvalue weighted by atomic mass is 79.9. The van der Waals surface area contributed by atoms with E-state index in [1.54, 1.807) is 50.6 Å². The van der Waals surface area contributed by atoms with E-state index in [0.717, 1.165) is 15.6 Å². The van der Waals surface area contributed by atoms with E-state index in [-0.39, 0.29) is 19.1 Å². The van der Waals surface area contributed by atoms with Crippen molar-refractivity contribution in [2.75, 3.05) is 39.8 Å². The van der Waals surface area contributed by atoms with E-state index in [9.17, 15) is 14.4 Å². The second-order valence-electron chi connectivity index (χ2n) is 8.61. The van der Waals surface area contributed by atoms with Gasteiger partial charge in [0.25, 0.3) is 5.91 Å². The highest BCUT2D eigenvalue weighted by molar-refractivity contribution is 9.10. The summed E-state index contributed by atoms with van der Waals surface area (Å²) >= 11 is 3.43. The first-order valence-corrected chi connectivity index (χ1v) is 13.2. The van der Waals surface area contributed by atoms with E-state index >= 15 is 0 Å². The van der Waals surface area contributed by atoms with Gasteiger partial charge in [-0.2, -0.15) is 5.10 Å². The topological polar surface area (TPSA) is 137 Å². The van der Waals surface area contributed by atoms with Gasteiger partial charge in [0, 0.05) is 16.7 Å². The Bertz CT molecular complexity index is 1430. The Morgan fingerprint density at radius 1 is 0.854 bits per heavy atom. The minimum absolute atomic E-state index is 0.226. The zero-order chi connectivity index (χ0) is 29.8. The first-order valence-electron chi connectivity index (χ1n) is 12.4. The molecule has 3 rings (SSSR count). The van der Waals surface area contributed by atoms with Gasteiger partial charge >= 0.3 is 11.8 Å². The Kier molecular flexibility index (Phi) is 11.5. The average Bonchev–Trinajstić information content (AvgIpc) is 2.97. The van der Waals surface area contributed by atoms with E-state index in [1.807, 2.05) is 25.1 Å². The molecule has 12 heteroatoms. The van der Waals surface area contributed by atoms with Crippen molar-refractivity contribution in [1.82, 2.24) is 10.7 Å². The predicted octanol–water partition coefficient (Wildman–Crippen LogP) is 3.61. The lowest BCUT2D eigenvalue weighted by molar-refractivity contribution is -0.139. The molecular formula is C29H31BrN4O7. The SMILES string of the molecule is COc1ccc(CCNC(=O)C(=O)N/N=C\c2ccc(OCC(=O)Nc3ccc(Br)c(C)c3)c(OC)c2)cc1OC. The molecule has 11 nitrogen and oxygen atoms in total. The lowest BCUT2D eigenvalue weighted by atomic mass is 10.1. The molecule has 0 bridgehead atoms. The van der Waals surface area contributed by atoms with Crippen LogP contribution in [0.1, 0.15) is 16.7 Å². The minimum Gasteiger partial charge on any atom is -0.493 e. The van der Waals surface area contributed by atoms with Gasteiger partial charge in [-0.3, -0.25) is 14.4 Å². The number of hydrogen-bond acceptors (Lipinski definition) is 8. The normalized spacial score (nSPS) is 10.6.